The zero-order valence-corrected chi connectivity index (χ0v) is 15.6. The van der Waals surface area contributed by atoms with Crippen molar-refractivity contribution in [1.82, 2.24) is 9.80 Å². The van der Waals surface area contributed by atoms with Crippen molar-refractivity contribution in [2.45, 2.75) is 64.0 Å². The second kappa shape index (κ2) is 8.89. The van der Waals surface area contributed by atoms with Crippen molar-refractivity contribution in [2.75, 3.05) is 13.1 Å². The van der Waals surface area contributed by atoms with Crippen LogP contribution >= 0.6 is 0 Å². The van der Waals surface area contributed by atoms with Crippen molar-refractivity contribution in [3.05, 3.63) is 35.9 Å². The molecular formula is C22H28N2O2. The van der Waals surface area contributed by atoms with Crippen LogP contribution in [0.1, 0.15) is 57.4 Å². The van der Waals surface area contributed by atoms with Gasteiger partial charge in [0.2, 0.25) is 11.8 Å². The first-order valence-corrected chi connectivity index (χ1v) is 9.84. The first-order chi connectivity index (χ1) is 12.7. The molecule has 2 aliphatic rings. The van der Waals surface area contributed by atoms with Crippen molar-refractivity contribution in [1.29, 1.82) is 0 Å². The number of likely N-dealkylation sites (tertiary alicyclic amines) is 1. The Kier molecular flexibility index (Phi) is 6.33. The van der Waals surface area contributed by atoms with Crippen LogP contribution in [0, 0.1) is 11.8 Å². The van der Waals surface area contributed by atoms with Crippen LogP contribution in [-0.4, -0.2) is 46.8 Å². The van der Waals surface area contributed by atoms with Crippen molar-refractivity contribution in [2.24, 2.45) is 0 Å². The van der Waals surface area contributed by atoms with E-state index in [2.05, 4.69) is 11.8 Å². The van der Waals surface area contributed by atoms with Crippen LogP contribution in [0.2, 0.25) is 0 Å². The van der Waals surface area contributed by atoms with Gasteiger partial charge in [0.15, 0.2) is 0 Å². The van der Waals surface area contributed by atoms with Gasteiger partial charge in [-0.3, -0.25) is 9.59 Å². The molecule has 138 valence electrons. The standard InChI is InChI=1S/C22H28N2O2/c1-2-21(25)24-17-9-15-20(24)22(26)23(19-13-6-7-14-19)16-8-12-18-10-4-3-5-11-18/h3-5,10-11,19-20H,2,6-7,9,13-17H2,1H3/t20-/m1/s1. The summed E-state index contributed by atoms with van der Waals surface area (Å²) in [7, 11) is 0. The number of benzene rings is 1. The van der Waals surface area contributed by atoms with E-state index in [1.165, 1.54) is 12.8 Å². The normalized spacial score (nSPS) is 19.9. The largest absolute Gasteiger partial charge is 0.331 e. The fraction of sp³-hybridized carbons (Fsp3) is 0.545. The molecule has 1 heterocycles. The van der Waals surface area contributed by atoms with Gasteiger partial charge in [-0.05, 0) is 37.8 Å². The fourth-order valence-corrected chi connectivity index (χ4v) is 4.07. The summed E-state index contributed by atoms with van der Waals surface area (Å²) in [5.74, 6) is 6.54. The molecule has 0 unspecified atom stereocenters. The Bertz CT molecular complexity index is 683. The highest BCUT2D eigenvalue weighted by molar-refractivity contribution is 5.88. The quantitative estimate of drug-likeness (QED) is 0.781. The molecule has 1 aliphatic carbocycles. The zero-order valence-electron chi connectivity index (χ0n) is 15.6. The van der Waals surface area contributed by atoms with E-state index in [1.807, 2.05) is 42.2 Å². The second-order valence-electron chi connectivity index (χ2n) is 7.17. The van der Waals surface area contributed by atoms with Crippen LogP contribution in [0.4, 0.5) is 0 Å². The van der Waals surface area contributed by atoms with E-state index < -0.39 is 0 Å². The first-order valence-electron chi connectivity index (χ1n) is 9.84. The number of carbonyl (C=O) groups is 2. The number of rotatable bonds is 4. The van der Waals surface area contributed by atoms with Crippen LogP contribution in [0.15, 0.2) is 30.3 Å². The molecule has 3 rings (SSSR count). The zero-order chi connectivity index (χ0) is 18.4. The molecule has 0 radical (unpaired) electrons. The van der Waals surface area contributed by atoms with Gasteiger partial charge >= 0.3 is 0 Å². The fourth-order valence-electron chi connectivity index (χ4n) is 4.07. The van der Waals surface area contributed by atoms with E-state index in [-0.39, 0.29) is 23.9 Å². The van der Waals surface area contributed by atoms with Crippen LogP contribution in [0.25, 0.3) is 0 Å². The molecular weight excluding hydrogens is 324 g/mol. The molecule has 4 heteroatoms. The van der Waals surface area contributed by atoms with E-state index in [9.17, 15) is 9.59 Å². The van der Waals surface area contributed by atoms with Crippen molar-refractivity contribution < 1.29 is 9.59 Å². The Balaban J connectivity index is 1.74. The highest BCUT2D eigenvalue weighted by Crippen LogP contribution is 2.27. The molecule has 4 nitrogen and oxygen atoms in total. The summed E-state index contributed by atoms with van der Waals surface area (Å²) in [4.78, 5) is 29.2. The van der Waals surface area contributed by atoms with Gasteiger partial charge in [0.05, 0.1) is 6.54 Å². The van der Waals surface area contributed by atoms with Gasteiger partial charge in [0, 0.05) is 24.6 Å². The van der Waals surface area contributed by atoms with Gasteiger partial charge in [0.25, 0.3) is 0 Å². The van der Waals surface area contributed by atoms with Crippen LogP contribution < -0.4 is 0 Å². The van der Waals surface area contributed by atoms with E-state index in [1.54, 1.807) is 4.90 Å². The maximum absolute atomic E-state index is 13.3. The third-order valence-corrected chi connectivity index (χ3v) is 5.47. The molecule has 0 aromatic heterocycles. The average Bonchev–Trinajstić information content (AvgIpc) is 3.36. The van der Waals surface area contributed by atoms with Gasteiger partial charge in [-0.25, -0.2) is 0 Å². The summed E-state index contributed by atoms with van der Waals surface area (Å²) >= 11 is 0. The molecule has 1 saturated carbocycles. The van der Waals surface area contributed by atoms with Gasteiger partial charge < -0.3 is 9.80 Å². The number of hydrogen-bond acceptors (Lipinski definition) is 2. The molecule has 0 N–H and O–H groups in total. The SMILES string of the molecule is CCC(=O)N1CCC[C@@H]1C(=O)N(CC#Cc1ccccc1)C1CCCC1. The molecule has 1 atom stereocenters. The summed E-state index contributed by atoms with van der Waals surface area (Å²) in [6, 6.07) is 9.85. The van der Waals surface area contributed by atoms with Gasteiger partial charge in [-0.2, -0.15) is 0 Å². The van der Waals surface area contributed by atoms with E-state index in [0.29, 0.717) is 19.5 Å². The van der Waals surface area contributed by atoms with Gasteiger partial charge in [-0.1, -0.05) is 49.8 Å². The predicted molar refractivity (Wildman–Crippen MR) is 102 cm³/mol. The second-order valence-corrected chi connectivity index (χ2v) is 7.17. The van der Waals surface area contributed by atoms with Crippen LogP contribution in [0.3, 0.4) is 0 Å². The van der Waals surface area contributed by atoms with Gasteiger partial charge in [0.1, 0.15) is 6.04 Å². The summed E-state index contributed by atoms with van der Waals surface area (Å²) in [6.45, 7) is 3.02. The maximum atomic E-state index is 13.3. The molecule has 2 amide bonds. The summed E-state index contributed by atoms with van der Waals surface area (Å²) in [5.41, 5.74) is 0.968. The minimum absolute atomic E-state index is 0.0857. The lowest BCUT2D eigenvalue weighted by Crippen LogP contribution is -2.50. The summed E-state index contributed by atoms with van der Waals surface area (Å²) in [6.07, 6.45) is 6.59. The maximum Gasteiger partial charge on any atom is 0.246 e. The Hall–Kier alpha value is -2.28. The van der Waals surface area contributed by atoms with Crippen LogP contribution in [0.5, 0.6) is 0 Å². The smallest absolute Gasteiger partial charge is 0.246 e. The Morgan fingerprint density at radius 3 is 2.54 bits per heavy atom. The lowest BCUT2D eigenvalue weighted by atomic mass is 10.1. The molecule has 1 aliphatic heterocycles. The Morgan fingerprint density at radius 2 is 1.85 bits per heavy atom. The third kappa shape index (κ3) is 4.27. The minimum atomic E-state index is -0.290. The number of carbonyl (C=O) groups excluding carboxylic acids is 2. The third-order valence-electron chi connectivity index (χ3n) is 5.47. The number of hydrogen-bond donors (Lipinski definition) is 0. The highest BCUT2D eigenvalue weighted by atomic mass is 16.2. The summed E-state index contributed by atoms with van der Waals surface area (Å²) in [5, 5.41) is 0. The Morgan fingerprint density at radius 1 is 1.12 bits per heavy atom. The lowest BCUT2D eigenvalue weighted by molar-refractivity contribution is -0.144. The molecule has 0 spiro atoms. The molecule has 0 bridgehead atoms. The number of nitrogens with zero attached hydrogens (tertiary/aromatic N) is 2. The molecule has 1 saturated heterocycles. The molecule has 1 aromatic rings. The minimum Gasteiger partial charge on any atom is -0.331 e. The molecule has 1 aromatic carbocycles. The topological polar surface area (TPSA) is 40.6 Å². The van der Waals surface area contributed by atoms with Crippen molar-refractivity contribution in [3.63, 3.8) is 0 Å². The lowest BCUT2D eigenvalue weighted by Gasteiger charge is -2.33. The van der Waals surface area contributed by atoms with Gasteiger partial charge in [-0.15, -0.1) is 0 Å². The molecule has 2 fully saturated rings. The predicted octanol–water partition coefficient (Wildman–Crippen LogP) is 3.21. The molecule has 26 heavy (non-hydrogen) atoms. The number of amides is 2. The first kappa shape index (κ1) is 18.5. The Labute approximate surface area is 156 Å². The average molecular weight is 352 g/mol. The van der Waals surface area contributed by atoms with E-state index in [0.717, 1.165) is 31.2 Å². The highest BCUT2D eigenvalue weighted by Gasteiger charge is 2.38. The van der Waals surface area contributed by atoms with E-state index >= 15 is 0 Å². The van der Waals surface area contributed by atoms with Crippen molar-refractivity contribution in [3.8, 4) is 11.8 Å². The monoisotopic (exact) mass is 352 g/mol. The van der Waals surface area contributed by atoms with Crippen molar-refractivity contribution >= 4 is 11.8 Å². The van der Waals surface area contributed by atoms with E-state index in [4.69, 9.17) is 0 Å². The summed E-state index contributed by atoms with van der Waals surface area (Å²) < 4.78 is 0. The van der Waals surface area contributed by atoms with Crippen LogP contribution in [-0.2, 0) is 9.59 Å².